The Hall–Kier alpha value is 0.250. The summed E-state index contributed by atoms with van der Waals surface area (Å²) in [6.45, 7) is 4.16. The lowest BCUT2D eigenvalue weighted by atomic mass is 9.77. The maximum Gasteiger partial charge on any atom is 0.0381 e. The van der Waals surface area contributed by atoms with Gasteiger partial charge >= 0.3 is 0 Å². The molecular weight excluding hydrogens is 158 g/mol. The van der Waals surface area contributed by atoms with Crippen molar-refractivity contribution in [1.29, 1.82) is 0 Å². The van der Waals surface area contributed by atoms with Gasteiger partial charge in [0.25, 0.3) is 0 Å². The van der Waals surface area contributed by atoms with Gasteiger partial charge in [-0.15, -0.1) is 11.6 Å². The van der Waals surface area contributed by atoms with E-state index in [9.17, 15) is 0 Å². The Morgan fingerprint density at radius 3 is 2.18 bits per heavy atom. The third kappa shape index (κ3) is 2.34. The molecule has 0 amide bonds. The molecule has 0 saturated heterocycles. The van der Waals surface area contributed by atoms with Gasteiger partial charge < -0.3 is 5.73 Å². The molecule has 1 saturated carbocycles. The van der Waals surface area contributed by atoms with Crippen LogP contribution in [0.2, 0.25) is 0 Å². The van der Waals surface area contributed by atoms with Crippen molar-refractivity contribution in [3.05, 3.63) is 0 Å². The van der Waals surface area contributed by atoms with Crippen molar-refractivity contribution in [2.24, 2.45) is 11.7 Å². The lowest BCUT2D eigenvalue weighted by molar-refractivity contribution is 0.245. The minimum absolute atomic E-state index is 0.0904. The van der Waals surface area contributed by atoms with Gasteiger partial charge in [-0.3, -0.25) is 0 Å². The third-order valence-electron chi connectivity index (χ3n) is 2.64. The highest BCUT2D eigenvalue weighted by Gasteiger charge is 2.33. The van der Waals surface area contributed by atoms with E-state index in [1.165, 1.54) is 19.3 Å². The molecule has 0 heterocycles. The first-order valence-electron chi connectivity index (χ1n) is 4.45. The average Bonchev–Trinajstić information content (AvgIpc) is 1.86. The summed E-state index contributed by atoms with van der Waals surface area (Å²) >= 11 is 6.19. The van der Waals surface area contributed by atoms with Crippen molar-refractivity contribution in [2.75, 3.05) is 0 Å². The van der Waals surface area contributed by atoms with Gasteiger partial charge in [-0.25, -0.2) is 0 Å². The molecular formula is C9H18ClN. The van der Waals surface area contributed by atoms with E-state index in [1.54, 1.807) is 0 Å². The fourth-order valence-corrected chi connectivity index (χ4v) is 2.53. The van der Waals surface area contributed by atoms with Gasteiger partial charge in [0.2, 0.25) is 0 Å². The molecule has 0 radical (unpaired) electrons. The van der Waals surface area contributed by atoms with E-state index in [0.29, 0.717) is 11.3 Å². The number of hydrogen-bond donors (Lipinski definition) is 1. The zero-order valence-electron chi connectivity index (χ0n) is 7.44. The SMILES string of the molecule is CC(C)(N)C1CCCCC1Cl. The summed E-state index contributed by atoms with van der Waals surface area (Å²) in [6.07, 6.45) is 4.93. The van der Waals surface area contributed by atoms with Crippen molar-refractivity contribution in [2.45, 2.75) is 50.4 Å². The second-order valence-electron chi connectivity index (χ2n) is 4.23. The summed E-state index contributed by atoms with van der Waals surface area (Å²) in [7, 11) is 0. The second-order valence-corrected chi connectivity index (χ2v) is 4.79. The van der Waals surface area contributed by atoms with E-state index in [0.717, 1.165) is 6.42 Å². The normalized spacial score (nSPS) is 33.8. The predicted molar refractivity (Wildman–Crippen MR) is 49.9 cm³/mol. The topological polar surface area (TPSA) is 26.0 Å². The molecule has 1 fully saturated rings. The highest BCUT2D eigenvalue weighted by Crippen LogP contribution is 2.34. The molecule has 66 valence electrons. The van der Waals surface area contributed by atoms with E-state index < -0.39 is 0 Å². The van der Waals surface area contributed by atoms with Crippen LogP contribution in [0.5, 0.6) is 0 Å². The van der Waals surface area contributed by atoms with E-state index >= 15 is 0 Å². The minimum Gasteiger partial charge on any atom is -0.325 e. The Kier molecular flexibility index (Phi) is 2.82. The van der Waals surface area contributed by atoms with Gasteiger partial charge in [0.15, 0.2) is 0 Å². The zero-order chi connectivity index (χ0) is 8.48. The number of hydrogen-bond acceptors (Lipinski definition) is 1. The molecule has 0 bridgehead atoms. The Morgan fingerprint density at radius 1 is 1.27 bits per heavy atom. The molecule has 2 N–H and O–H groups in total. The van der Waals surface area contributed by atoms with E-state index in [1.807, 2.05) is 0 Å². The summed E-state index contributed by atoms with van der Waals surface area (Å²) in [5.41, 5.74) is 5.93. The van der Waals surface area contributed by atoms with Gasteiger partial charge in [0, 0.05) is 10.9 Å². The Bertz CT molecular complexity index is 128. The number of alkyl halides is 1. The molecule has 1 aliphatic carbocycles. The van der Waals surface area contributed by atoms with E-state index in [2.05, 4.69) is 13.8 Å². The van der Waals surface area contributed by atoms with E-state index in [4.69, 9.17) is 17.3 Å². The summed E-state index contributed by atoms with van der Waals surface area (Å²) in [5, 5.41) is 0.309. The summed E-state index contributed by atoms with van der Waals surface area (Å²) < 4.78 is 0. The number of nitrogens with two attached hydrogens (primary N) is 1. The van der Waals surface area contributed by atoms with Crippen LogP contribution >= 0.6 is 11.6 Å². The van der Waals surface area contributed by atoms with Crippen LogP contribution in [-0.4, -0.2) is 10.9 Å². The Labute approximate surface area is 74.3 Å². The van der Waals surface area contributed by atoms with Crippen molar-refractivity contribution in [1.82, 2.24) is 0 Å². The van der Waals surface area contributed by atoms with Crippen LogP contribution in [0, 0.1) is 5.92 Å². The predicted octanol–water partition coefficient (Wildman–Crippen LogP) is 2.52. The summed E-state index contributed by atoms with van der Waals surface area (Å²) in [5.74, 6) is 0.512. The van der Waals surface area contributed by atoms with Crippen LogP contribution in [0.25, 0.3) is 0 Å². The van der Waals surface area contributed by atoms with Gasteiger partial charge in [0.05, 0.1) is 0 Å². The number of rotatable bonds is 1. The maximum absolute atomic E-state index is 6.19. The highest BCUT2D eigenvalue weighted by molar-refractivity contribution is 6.20. The van der Waals surface area contributed by atoms with Crippen LogP contribution in [0.15, 0.2) is 0 Å². The van der Waals surface area contributed by atoms with Crippen molar-refractivity contribution < 1.29 is 0 Å². The van der Waals surface area contributed by atoms with Gasteiger partial charge in [-0.1, -0.05) is 12.8 Å². The lowest BCUT2D eigenvalue weighted by Gasteiger charge is -2.37. The molecule has 11 heavy (non-hydrogen) atoms. The third-order valence-corrected chi connectivity index (χ3v) is 3.16. The first-order valence-corrected chi connectivity index (χ1v) is 4.88. The zero-order valence-corrected chi connectivity index (χ0v) is 8.19. The molecule has 0 aromatic carbocycles. The van der Waals surface area contributed by atoms with Crippen LogP contribution < -0.4 is 5.73 Å². The molecule has 1 aliphatic rings. The lowest BCUT2D eigenvalue weighted by Crippen LogP contribution is -2.46. The first-order chi connectivity index (χ1) is 5.02. The molecule has 0 aromatic heterocycles. The molecule has 0 aliphatic heterocycles. The molecule has 0 spiro atoms. The minimum atomic E-state index is -0.0904. The smallest absolute Gasteiger partial charge is 0.0381 e. The summed E-state index contributed by atoms with van der Waals surface area (Å²) in [6, 6.07) is 0. The maximum atomic E-state index is 6.19. The second kappa shape index (κ2) is 3.32. The molecule has 2 atom stereocenters. The largest absolute Gasteiger partial charge is 0.325 e. The van der Waals surface area contributed by atoms with Gasteiger partial charge in [0.1, 0.15) is 0 Å². The van der Waals surface area contributed by atoms with Crippen molar-refractivity contribution >= 4 is 11.6 Å². The average molecular weight is 176 g/mol. The fourth-order valence-electron chi connectivity index (χ4n) is 1.92. The van der Waals surface area contributed by atoms with Crippen molar-refractivity contribution in [3.63, 3.8) is 0 Å². The van der Waals surface area contributed by atoms with Crippen LogP contribution in [0.4, 0.5) is 0 Å². The Morgan fingerprint density at radius 2 is 1.82 bits per heavy atom. The molecule has 1 rings (SSSR count). The molecule has 2 heteroatoms. The standard InChI is InChI=1S/C9H18ClN/c1-9(2,11)7-5-3-4-6-8(7)10/h7-8H,3-6,11H2,1-2H3. The van der Waals surface area contributed by atoms with Crippen LogP contribution in [0.3, 0.4) is 0 Å². The quantitative estimate of drug-likeness (QED) is 0.609. The monoisotopic (exact) mass is 175 g/mol. The van der Waals surface area contributed by atoms with E-state index in [-0.39, 0.29) is 5.54 Å². The number of halogens is 1. The summed E-state index contributed by atoms with van der Waals surface area (Å²) in [4.78, 5) is 0. The molecule has 1 nitrogen and oxygen atoms in total. The van der Waals surface area contributed by atoms with Crippen LogP contribution in [-0.2, 0) is 0 Å². The highest BCUT2D eigenvalue weighted by atomic mass is 35.5. The molecule has 2 unspecified atom stereocenters. The molecule has 0 aromatic rings. The van der Waals surface area contributed by atoms with Crippen LogP contribution in [0.1, 0.15) is 39.5 Å². The van der Waals surface area contributed by atoms with Gasteiger partial charge in [-0.2, -0.15) is 0 Å². The van der Waals surface area contributed by atoms with Gasteiger partial charge in [-0.05, 0) is 32.6 Å². The van der Waals surface area contributed by atoms with Crippen molar-refractivity contribution in [3.8, 4) is 0 Å². The fraction of sp³-hybridized carbons (Fsp3) is 1.00. The first kappa shape index (κ1) is 9.34. The Balaban J connectivity index is 2.55.